The molecular weight excluding hydrogens is 502 g/mol. The van der Waals surface area contributed by atoms with Gasteiger partial charge in [0.05, 0.1) is 30.8 Å². The maximum absolute atomic E-state index is 14.9. The standard InChI is InChI=1S/C27H33F4N5O2/c1-14(18-9-17(32)10-20(24(18)28)27(29,30)31)33-25-19-11-23(22(37-6)12-21(19)34-16(3)35-25)38-13-26(7-8-26)15(2)36(4)5/h9-12,14-15H,7-8,13,32H2,1-6H3,(H,33,34,35)/t14-,15-/m1/s1. The fourth-order valence-electron chi connectivity index (χ4n) is 4.72. The third-order valence-corrected chi connectivity index (χ3v) is 7.41. The van der Waals surface area contributed by atoms with E-state index in [1.165, 1.54) is 6.07 Å². The van der Waals surface area contributed by atoms with Crippen molar-refractivity contribution in [3.63, 3.8) is 0 Å². The Morgan fingerprint density at radius 2 is 1.79 bits per heavy atom. The number of aromatic nitrogens is 2. The molecule has 1 aromatic heterocycles. The van der Waals surface area contributed by atoms with Crippen LogP contribution in [0.3, 0.4) is 0 Å². The van der Waals surface area contributed by atoms with Gasteiger partial charge in [0.15, 0.2) is 11.5 Å². The highest BCUT2D eigenvalue weighted by Crippen LogP contribution is 2.51. The van der Waals surface area contributed by atoms with E-state index in [1.807, 2.05) is 14.1 Å². The maximum Gasteiger partial charge on any atom is 0.419 e. The van der Waals surface area contributed by atoms with Gasteiger partial charge in [-0.2, -0.15) is 13.2 Å². The predicted molar refractivity (Wildman–Crippen MR) is 139 cm³/mol. The smallest absolute Gasteiger partial charge is 0.419 e. The fourth-order valence-corrected chi connectivity index (χ4v) is 4.72. The van der Waals surface area contributed by atoms with Gasteiger partial charge in [-0.1, -0.05) is 0 Å². The Kier molecular flexibility index (Phi) is 7.35. The van der Waals surface area contributed by atoms with Crippen LogP contribution in [0, 0.1) is 18.2 Å². The first kappa shape index (κ1) is 27.7. The van der Waals surface area contributed by atoms with Crippen molar-refractivity contribution in [2.24, 2.45) is 5.41 Å². The van der Waals surface area contributed by atoms with Crippen molar-refractivity contribution in [2.45, 2.75) is 51.9 Å². The van der Waals surface area contributed by atoms with Gasteiger partial charge in [-0.25, -0.2) is 14.4 Å². The minimum absolute atomic E-state index is 0.0454. The van der Waals surface area contributed by atoms with E-state index in [2.05, 4.69) is 27.1 Å². The Bertz CT molecular complexity index is 1340. The largest absolute Gasteiger partial charge is 0.493 e. The van der Waals surface area contributed by atoms with E-state index < -0.39 is 23.6 Å². The summed E-state index contributed by atoms with van der Waals surface area (Å²) in [7, 11) is 5.63. The molecule has 0 bridgehead atoms. The van der Waals surface area contributed by atoms with Gasteiger partial charge < -0.3 is 25.4 Å². The number of aryl methyl sites for hydroxylation is 1. The molecule has 3 aromatic rings. The Balaban J connectivity index is 1.70. The lowest BCUT2D eigenvalue weighted by Gasteiger charge is -2.29. The van der Waals surface area contributed by atoms with E-state index in [1.54, 1.807) is 33.1 Å². The Morgan fingerprint density at radius 1 is 1.11 bits per heavy atom. The van der Waals surface area contributed by atoms with Crippen molar-refractivity contribution in [1.82, 2.24) is 14.9 Å². The molecule has 11 heteroatoms. The van der Waals surface area contributed by atoms with Crippen LogP contribution >= 0.6 is 0 Å². The van der Waals surface area contributed by atoms with Crippen LogP contribution in [0.4, 0.5) is 29.1 Å². The van der Waals surface area contributed by atoms with Gasteiger partial charge in [0.25, 0.3) is 0 Å². The average Bonchev–Trinajstić information content (AvgIpc) is 3.63. The van der Waals surface area contributed by atoms with Crippen LogP contribution in [0.5, 0.6) is 11.5 Å². The number of nitrogen functional groups attached to an aromatic ring is 1. The molecule has 206 valence electrons. The van der Waals surface area contributed by atoms with Crippen LogP contribution in [-0.4, -0.2) is 48.7 Å². The molecule has 3 N–H and O–H groups in total. The number of methoxy groups -OCH3 is 1. The molecule has 1 aliphatic carbocycles. The molecule has 0 radical (unpaired) electrons. The summed E-state index contributed by atoms with van der Waals surface area (Å²) in [5.41, 5.74) is 4.45. The predicted octanol–water partition coefficient (Wildman–Crippen LogP) is 5.97. The van der Waals surface area contributed by atoms with Crippen molar-refractivity contribution in [1.29, 1.82) is 0 Å². The number of nitrogens with two attached hydrogens (primary N) is 1. The quantitative estimate of drug-likeness (QED) is 0.258. The van der Waals surface area contributed by atoms with Crippen molar-refractivity contribution < 1.29 is 27.0 Å². The van der Waals surface area contributed by atoms with E-state index in [4.69, 9.17) is 15.2 Å². The summed E-state index contributed by atoms with van der Waals surface area (Å²) >= 11 is 0. The molecule has 0 unspecified atom stereocenters. The number of nitrogens with one attached hydrogen (secondary N) is 1. The lowest BCUT2D eigenvalue weighted by atomic mass is 9.98. The van der Waals surface area contributed by atoms with Crippen molar-refractivity contribution in [2.75, 3.05) is 38.9 Å². The first-order chi connectivity index (χ1) is 17.8. The fraction of sp³-hybridized carbons (Fsp3) is 0.481. The van der Waals surface area contributed by atoms with E-state index in [0.29, 0.717) is 52.8 Å². The maximum atomic E-state index is 14.9. The highest BCUT2D eigenvalue weighted by molar-refractivity contribution is 5.92. The zero-order valence-corrected chi connectivity index (χ0v) is 22.3. The Hall–Kier alpha value is -3.34. The summed E-state index contributed by atoms with van der Waals surface area (Å²) in [6.45, 7) is 5.90. The first-order valence-electron chi connectivity index (χ1n) is 12.3. The van der Waals surface area contributed by atoms with Crippen LogP contribution in [0.15, 0.2) is 24.3 Å². The second kappa shape index (κ2) is 10.1. The number of hydrogen-bond acceptors (Lipinski definition) is 7. The topological polar surface area (TPSA) is 85.5 Å². The molecule has 1 saturated carbocycles. The molecular formula is C27H33F4N5O2. The number of anilines is 2. The summed E-state index contributed by atoms with van der Waals surface area (Å²) in [4.78, 5) is 11.1. The van der Waals surface area contributed by atoms with Gasteiger partial charge in [0.2, 0.25) is 0 Å². The molecule has 0 amide bonds. The number of hydrogen-bond donors (Lipinski definition) is 2. The highest BCUT2D eigenvalue weighted by Gasteiger charge is 2.49. The number of benzene rings is 2. The number of nitrogens with zero attached hydrogens (tertiary/aromatic N) is 3. The highest BCUT2D eigenvalue weighted by atomic mass is 19.4. The van der Waals surface area contributed by atoms with E-state index >= 15 is 0 Å². The molecule has 4 rings (SSSR count). The molecule has 2 atom stereocenters. The van der Waals surface area contributed by atoms with Gasteiger partial charge in [-0.15, -0.1) is 0 Å². The average molecular weight is 536 g/mol. The Morgan fingerprint density at radius 3 is 2.37 bits per heavy atom. The number of ether oxygens (including phenoxy) is 2. The second-order valence-electron chi connectivity index (χ2n) is 10.3. The summed E-state index contributed by atoms with van der Waals surface area (Å²) in [5, 5.41) is 3.61. The van der Waals surface area contributed by atoms with E-state index in [-0.39, 0.29) is 16.7 Å². The zero-order chi connectivity index (χ0) is 28.0. The summed E-state index contributed by atoms with van der Waals surface area (Å²) in [6, 6.07) is 4.70. The molecule has 1 fully saturated rings. The number of halogens is 4. The summed E-state index contributed by atoms with van der Waals surface area (Å²) in [5.74, 6) is 0.362. The molecule has 1 aliphatic rings. The van der Waals surface area contributed by atoms with Crippen molar-refractivity contribution in [3.8, 4) is 11.5 Å². The summed E-state index contributed by atoms with van der Waals surface area (Å²) < 4.78 is 66.8. The molecule has 38 heavy (non-hydrogen) atoms. The SMILES string of the molecule is COc1cc2nc(C)nc(N[C@H](C)c3cc(N)cc(C(F)(F)F)c3F)c2cc1OCC1([C@@H](C)N(C)C)CC1. The van der Waals surface area contributed by atoms with Gasteiger partial charge in [-0.05, 0) is 65.9 Å². The molecule has 0 aliphatic heterocycles. The lowest BCUT2D eigenvalue weighted by Crippen LogP contribution is -2.37. The van der Waals surface area contributed by atoms with Crippen molar-refractivity contribution in [3.05, 3.63) is 47.0 Å². The van der Waals surface area contributed by atoms with Gasteiger partial charge >= 0.3 is 6.18 Å². The second-order valence-corrected chi connectivity index (χ2v) is 10.3. The number of alkyl halides is 3. The van der Waals surface area contributed by atoms with Crippen LogP contribution in [0.25, 0.3) is 10.9 Å². The zero-order valence-electron chi connectivity index (χ0n) is 22.3. The third kappa shape index (κ3) is 5.43. The van der Waals surface area contributed by atoms with Gasteiger partial charge in [0.1, 0.15) is 17.5 Å². The van der Waals surface area contributed by atoms with Crippen LogP contribution < -0.4 is 20.5 Å². The monoisotopic (exact) mass is 535 g/mol. The van der Waals surface area contributed by atoms with Crippen LogP contribution in [0.2, 0.25) is 0 Å². The van der Waals surface area contributed by atoms with Crippen molar-refractivity contribution >= 4 is 22.4 Å². The summed E-state index contributed by atoms with van der Waals surface area (Å²) in [6.07, 6.45) is -2.76. The van der Waals surface area contributed by atoms with E-state index in [9.17, 15) is 17.6 Å². The molecule has 2 aromatic carbocycles. The van der Waals surface area contributed by atoms with Crippen LogP contribution in [0.1, 0.15) is 49.7 Å². The molecule has 1 heterocycles. The molecule has 0 spiro atoms. The van der Waals surface area contributed by atoms with E-state index in [0.717, 1.165) is 12.8 Å². The van der Waals surface area contributed by atoms with Gasteiger partial charge in [0, 0.05) is 34.2 Å². The number of rotatable bonds is 9. The third-order valence-electron chi connectivity index (χ3n) is 7.41. The first-order valence-corrected chi connectivity index (χ1v) is 12.3. The lowest BCUT2D eigenvalue weighted by molar-refractivity contribution is -0.140. The minimum Gasteiger partial charge on any atom is -0.493 e. The normalized spacial score (nSPS) is 16.4. The van der Waals surface area contributed by atoms with Crippen LogP contribution in [-0.2, 0) is 6.18 Å². The molecule has 0 saturated heterocycles. The Labute approximate surface area is 219 Å². The van der Waals surface area contributed by atoms with Gasteiger partial charge in [-0.3, -0.25) is 0 Å². The molecule has 7 nitrogen and oxygen atoms in total. The number of fused-ring (bicyclic) bond motifs is 1. The minimum atomic E-state index is -4.88.